The third-order valence-corrected chi connectivity index (χ3v) is 6.00. The highest BCUT2D eigenvalue weighted by Crippen LogP contribution is 2.29. The maximum Gasteiger partial charge on any atom is 0.236 e. The van der Waals surface area contributed by atoms with Crippen molar-refractivity contribution in [3.8, 4) is 0 Å². The number of rotatable bonds is 5. The summed E-state index contributed by atoms with van der Waals surface area (Å²) in [6.45, 7) is 4.64. The maximum atomic E-state index is 12.5. The van der Waals surface area contributed by atoms with Crippen molar-refractivity contribution in [2.24, 2.45) is 0 Å². The van der Waals surface area contributed by atoms with Crippen molar-refractivity contribution in [1.82, 2.24) is 4.31 Å². The van der Waals surface area contributed by atoms with Crippen molar-refractivity contribution < 1.29 is 8.42 Å². The lowest BCUT2D eigenvalue weighted by atomic mass is 9.97. The van der Waals surface area contributed by atoms with Crippen molar-refractivity contribution in [2.45, 2.75) is 13.8 Å². The second-order valence-corrected chi connectivity index (χ2v) is 7.48. The number of fused-ring (bicyclic) bond motifs is 2. The topological polar surface area (TPSA) is 37.4 Å². The zero-order valence-corrected chi connectivity index (χ0v) is 14.8. The van der Waals surface area contributed by atoms with E-state index in [9.17, 15) is 8.42 Å². The first kappa shape index (κ1) is 16.7. The van der Waals surface area contributed by atoms with Gasteiger partial charge in [0.1, 0.15) is 0 Å². The quantitative estimate of drug-likeness (QED) is 0.635. The molecule has 0 spiro atoms. The van der Waals surface area contributed by atoms with Crippen molar-refractivity contribution in [1.29, 1.82) is 0 Å². The van der Waals surface area contributed by atoms with E-state index < -0.39 is 10.0 Å². The van der Waals surface area contributed by atoms with Crippen LogP contribution in [0.4, 0.5) is 0 Å². The van der Waals surface area contributed by atoms with Gasteiger partial charge in [-0.2, -0.15) is 4.31 Å². The van der Waals surface area contributed by atoms with Gasteiger partial charge in [-0.05, 0) is 39.3 Å². The highest BCUT2D eigenvalue weighted by molar-refractivity contribution is 7.92. The predicted molar refractivity (Wildman–Crippen MR) is 102 cm³/mol. The molecule has 124 valence electrons. The van der Waals surface area contributed by atoms with Crippen LogP contribution in [0.3, 0.4) is 0 Å². The Morgan fingerprint density at radius 1 is 0.875 bits per heavy atom. The third kappa shape index (κ3) is 3.07. The molecule has 0 aliphatic carbocycles. The summed E-state index contributed by atoms with van der Waals surface area (Å²) >= 11 is 0. The molecule has 0 amide bonds. The van der Waals surface area contributed by atoms with Gasteiger partial charge in [-0.1, -0.05) is 62.4 Å². The van der Waals surface area contributed by atoms with Crippen LogP contribution in [0.5, 0.6) is 0 Å². The molecule has 0 heterocycles. The normalized spacial score (nSPS) is 12.6. The molecule has 0 saturated heterocycles. The van der Waals surface area contributed by atoms with Gasteiger partial charge in [0.25, 0.3) is 0 Å². The molecule has 0 aliphatic heterocycles. The lowest BCUT2D eigenvalue weighted by Crippen LogP contribution is -2.28. The van der Waals surface area contributed by atoms with Gasteiger partial charge in [-0.3, -0.25) is 0 Å². The Balaban J connectivity index is 2.22. The largest absolute Gasteiger partial charge is 0.236 e. The first-order valence-corrected chi connectivity index (χ1v) is 9.66. The Hall–Kier alpha value is -2.17. The van der Waals surface area contributed by atoms with Crippen LogP contribution in [0.2, 0.25) is 0 Å². The summed E-state index contributed by atoms with van der Waals surface area (Å²) in [6, 6.07) is 18.3. The zero-order valence-electron chi connectivity index (χ0n) is 13.9. The van der Waals surface area contributed by atoms with E-state index in [1.807, 2.05) is 50.2 Å². The van der Waals surface area contributed by atoms with Crippen LogP contribution in [0.1, 0.15) is 19.4 Å². The summed E-state index contributed by atoms with van der Waals surface area (Å²) in [5, 5.41) is 5.66. The Bertz CT molecular complexity index is 949. The smallest absolute Gasteiger partial charge is 0.208 e. The molecule has 0 bridgehead atoms. The average Bonchev–Trinajstić information content (AvgIpc) is 2.59. The summed E-state index contributed by atoms with van der Waals surface area (Å²) in [6.07, 6.45) is 1.73. The fourth-order valence-electron chi connectivity index (χ4n) is 3.05. The molecule has 0 radical (unpaired) electrons. The monoisotopic (exact) mass is 339 g/mol. The van der Waals surface area contributed by atoms with Gasteiger partial charge in [-0.15, -0.1) is 0 Å². The molecule has 0 unspecified atom stereocenters. The molecule has 3 aromatic rings. The maximum absolute atomic E-state index is 12.5. The lowest BCUT2D eigenvalue weighted by molar-refractivity contribution is 0.453. The minimum Gasteiger partial charge on any atom is -0.208 e. The molecule has 3 rings (SSSR count). The second kappa shape index (κ2) is 6.75. The first-order valence-electron chi connectivity index (χ1n) is 8.15. The summed E-state index contributed by atoms with van der Waals surface area (Å²) in [4.78, 5) is 0. The molecular formula is C20H21NO2S. The van der Waals surface area contributed by atoms with Crippen molar-refractivity contribution in [2.75, 3.05) is 13.1 Å². The van der Waals surface area contributed by atoms with Crippen LogP contribution in [0, 0.1) is 0 Å². The number of sulfonamides is 1. The minimum atomic E-state index is -3.41. The van der Waals surface area contributed by atoms with E-state index in [4.69, 9.17) is 0 Å². The number of hydrogen-bond acceptors (Lipinski definition) is 2. The second-order valence-electron chi connectivity index (χ2n) is 5.66. The number of hydrogen-bond donors (Lipinski definition) is 0. The molecule has 0 saturated carbocycles. The molecule has 0 fully saturated rings. The fraction of sp³-hybridized carbons (Fsp3) is 0.200. The summed E-state index contributed by atoms with van der Waals surface area (Å²) < 4.78 is 26.4. The lowest BCUT2D eigenvalue weighted by Gasteiger charge is -2.15. The molecule has 4 heteroatoms. The Morgan fingerprint density at radius 2 is 1.38 bits per heavy atom. The van der Waals surface area contributed by atoms with E-state index in [2.05, 4.69) is 18.2 Å². The highest BCUT2D eigenvalue weighted by Gasteiger charge is 2.15. The molecular weight excluding hydrogens is 318 g/mol. The van der Waals surface area contributed by atoms with Gasteiger partial charge in [0, 0.05) is 18.5 Å². The minimum absolute atomic E-state index is 0.472. The molecule has 0 aromatic heterocycles. The van der Waals surface area contributed by atoms with Gasteiger partial charge >= 0.3 is 0 Å². The van der Waals surface area contributed by atoms with E-state index in [-0.39, 0.29) is 0 Å². The van der Waals surface area contributed by atoms with Crippen LogP contribution in [0.15, 0.2) is 60.0 Å². The summed E-state index contributed by atoms with van der Waals surface area (Å²) in [5.41, 5.74) is 0.944. The predicted octanol–water partition coefficient (Wildman–Crippen LogP) is 4.64. The van der Waals surface area contributed by atoms with Gasteiger partial charge in [-0.25, -0.2) is 8.42 Å². The van der Waals surface area contributed by atoms with Crippen molar-refractivity contribution in [3.05, 3.63) is 65.6 Å². The number of nitrogens with zero attached hydrogens (tertiary/aromatic N) is 1. The van der Waals surface area contributed by atoms with E-state index in [0.29, 0.717) is 13.1 Å². The van der Waals surface area contributed by atoms with Gasteiger partial charge < -0.3 is 0 Å². The average molecular weight is 339 g/mol. The first-order chi connectivity index (χ1) is 11.6. The highest BCUT2D eigenvalue weighted by atomic mass is 32.2. The third-order valence-electron chi connectivity index (χ3n) is 4.28. The van der Waals surface area contributed by atoms with Crippen molar-refractivity contribution in [3.63, 3.8) is 0 Å². The van der Waals surface area contributed by atoms with Gasteiger partial charge in [0.2, 0.25) is 10.0 Å². The van der Waals surface area contributed by atoms with Gasteiger partial charge in [0.15, 0.2) is 0 Å². The molecule has 3 nitrogen and oxygen atoms in total. The molecule has 24 heavy (non-hydrogen) atoms. The van der Waals surface area contributed by atoms with Crippen LogP contribution >= 0.6 is 0 Å². The molecule has 0 N–H and O–H groups in total. The van der Waals surface area contributed by atoms with E-state index in [1.54, 1.807) is 6.08 Å². The zero-order chi connectivity index (χ0) is 17.2. The Morgan fingerprint density at radius 3 is 1.88 bits per heavy atom. The molecule has 3 aromatic carbocycles. The molecule has 0 atom stereocenters. The van der Waals surface area contributed by atoms with Gasteiger partial charge in [0.05, 0.1) is 0 Å². The number of benzene rings is 3. The Labute approximate surface area is 143 Å². The fourth-order valence-corrected chi connectivity index (χ4v) is 4.25. The van der Waals surface area contributed by atoms with Crippen molar-refractivity contribution >= 4 is 37.6 Å². The van der Waals surface area contributed by atoms with E-state index in [0.717, 1.165) is 27.1 Å². The summed E-state index contributed by atoms with van der Waals surface area (Å²) in [7, 11) is -3.41. The van der Waals surface area contributed by atoms with Crippen LogP contribution < -0.4 is 0 Å². The molecule has 0 aliphatic rings. The van der Waals surface area contributed by atoms with E-state index >= 15 is 0 Å². The standard InChI is InChI=1S/C20H21NO2S/c1-3-21(4-2)24(22,23)14-13-20-18-11-7-5-9-16(18)15-17-10-6-8-12-19(17)20/h5-15H,3-4H2,1-2H3. The SMILES string of the molecule is CCN(CC)S(=O)(=O)C=Cc1c2ccccc2cc2ccccc12. The van der Waals surface area contributed by atoms with Crippen LogP contribution in [0.25, 0.3) is 27.6 Å². The van der Waals surface area contributed by atoms with Crippen LogP contribution in [-0.4, -0.2) is 25.8 Å². The van der Waals surface area contributed by atoms with E-state index in [1.165, 1.54) is 9.71 Å². The van der Waals surface area contributed by atoms with Crippen LogP contribution in [-0.2, 0) is 10.0 Å². The summed E-state index contributed by atoms with van der Waals surface area (Å²) in [5.74, 6) is 0. The Kier molecular flexibility index (Phi) is 4.69.